The van der Waals surface area contributed by atoms with E-state index in [9.17, 15) is 14.7 Å². The Morgan fingerprint density at radius 1 is 1.16 bits per heavy atom. The van der Waals surface area contributed by atoms with Crippen molar-refractivity contribution in [3.8, 4) is 5.69 Å². The summed E-state index contributed by atoms with van der Waals surface area (Å²) in [5, 5.41) is 15.6. The van der Waals surface area contributed by atoms with Gasteiger partial charge in [-0.25, -0.2) is 4.68 Å². The SMILES string of the molecule is Cc1c(/C(O)=C2\C(=O)C(=O)N(CCCN(C)C)[C@H]2c2ccco2)cnn1-c1ccccc1. The minimum absolute atomic E-state index is 0.0190. The maximum Gasteiger partial charge on any atom is 0.295 e. The molecule has 1 aliphatic heterocycles. The summed E-state index contributed by atoms with van der Waals surface area (Å²) in [5.74, 6) is -1.18. The first-order chi connectivity index (χ1) is 15.4. The number of furan rings is 1. The molecule has 0 saturated carbocycles. The van der Waals surface area contributed by atoms with Crippen LogP contribution in [0, 0.1) is 6.92 Å². The van der Waals surface area contributed by atoms with E-state index in [1.54, 1.807) is 16.8 Å². The van der Waals surface area contributed by atoms with Crippen LogP contribution in [0.25, 0.3) is 11.4 Å². The molecule has 1 aromatic carbocycles. The van der Waals surface area contributed by atoms with E-state index in [-0.39, 0.29) is 11.3 Å². The maximum absolute atomic E-state index is 13.0. The fourth-order valence-corrected chi connectivity index (χ4v) is 4.03. The first kappa shape index (κ1) is 21.6. The number of ketones is 1. The van der Waals surface area contributed by atoms with Crippen LogP contribution in [0.2, 0.25) is 0 Å². The molecule has 4 rings (SSSR count). The number of aliphatic hydroxyl groups excluding tert-OH is 1. The van der Waals surface area contributed by atoms with Gasteiger partial charge in [-0.1, -0.05) is 18.2 Å². The van der Waals surface area contributed by atoms with E-state index in [1.807, 2.05) is 56.3 Å². The van der Waals surface area contributed by atoms with Crippen LogP contribution in [0.3, 0.4) is 0 Å². The third kappa shape index (κ3) is 3.85. The van der Waals surface area contributed by atoms with E-state index in [0.29, 0.717) is 30.0 Å². The van der Waals surface area contributed by atoms with Gasteiger partial charge in [0.2, 0.25) is 0 Å². The highest BCUT2D eigenvalue weighted by atomic mass is 16.3. The van der Waals surface area contributed by atoms with Crippen molar-refractivity contribution in [3.63, 3.8) is 0 Å². The van der Waals surface area contributed by atoms with Crippen molar-refractivity contribution < 1.29 is 19.1 Å². The Kier molecular flexibility index (Phi) is 5.96. The van der Waals surface area contributed by atoms with Gasteiger partial charge in [0.1, 0.15) is 17.6 Å². The van der Waals surface area contributed by atoms with Crippen LogP contribution < -0.4 is 0 Å². The zero-order valence-corrected chi connectivity index (χ0v) is 18.4. The predicted octanol–water partition coefficient (Wildman–Crippen LogP) is 3.15. The topological polar surface area (TPSA) is 91.8 Å². The number of carbonyl (C=O) groups is 2. The molecule has 0 spiro atoms. The highest BCUT2D eigenvalue weighted by Crippen LogP contribution is 2.40. The summed E-state index contributed by atoms with van der Waals surface area (Å²) >= 11 is 0. The second-order valence-electron chi connectivity index (χ2n) is 8.06. The Bertz CT molecular complexity index is 1150. The summed E-state index contributed by atoms with van der Waals surface area (Å²) in [6.45, 7) is 2.94. The van der Waals surface area contributed by atoms with Crippen molar-refractivity contribution in [2.24, 2.45) is 0 Å². The lowest BCUT2D eigenvalue weighted by molar-refractivity contribution is -0.140. The van der Waals surface area contributed by atoms with Crippen molar-refractivity contribution in [3.05, 3.63) is 77.5 Å². The van der Waals surface area contributed by atoms with Gasteiger partial charge in [0.15, 0.2) is 0 Å². The van der Waals surface area contributed by atoms with E-state index in [2.05, 4.69) is 5.10 Å². The van der Waals surface area contributed by atoms with Crippen molar-refractivity contribution in [2.75, 3.05) is 27.2 Å². The number of rotatable bonds is 7. The van der Waals surface area contributed by atoms with Crippen molar-refractivity contribution >= 4 is 17.4 Å². The van der Waals surface area contributed by atoms with Gasteiger partial charge >= 0.3 is 0 Å². The number of nitrogens with zero attached hydrogens (tertiary/aromatic N) is 4. The Balaban J connectivity index is 1.77. The molecule has 32 heavy (non-hydrogen) atoms. The average molecular weight is 434 g/mol. The van der Waals surface area contributed by atoms with E-state index in [1.165, 1.54) is 17.4 Å². The molecule has 0 radical (unpaired) electrons. The molecule has 1 amide bonds. The summed E-state index contributed by atoms with van der Waals surface area (Å²) < 4.78 is 7.25. The minimum atomic E-state index is -0.786. The van der Waals surface area contributed by atoms with Gasteiger partial charge in [0.05, 0.1) is 35.0 Å². The summed E-state index contributed by atoms with van der Waals surface area (Å²) in [6.07, 6.45) is 3.69. The van der Waals surface area contributed by atoms with Crippen LogP contribution in [0.5, 0.6) is 0 Å². The van der Waals surface area contributed by atoms with Gasteiger partial charge in [-0.3, -0.25) is 9.59 Å². The molecule has 0 aliphatic carbocycles. The van der Waals surface area contributed by atoms with Crippen molar-refractivity contribution in [2.45, 2.75) is 19.4 Å². The number of para-hydroxylation sites is 1. The molecule has 3 aromatic rings. The number of carbonyl (C=O) groups excluding carboxylic acids is 2. The number of hydrogen-bond donors (Lipinski definition) is 1. The Morgan fingerprint density at radius 2 is 1.91 bits per heavy atom. The van der Waals surface area contributed by atoms with Gasteiger partial charge in [0.25, 0.3) is 11.7 Å². The van der Waals surface area contributed by atoms with Gasteiger partial charge < -0.3 is 19.3 Å². The molecule has 3 heterocycles. The van der Waals surface area contributed by atoms with E-state index >= 15 is 0 Å². The van der Waals surface area contributed by atoms with E-state index < -0.39 is 17.7 Å². The molecular formula is C24H26N4O4. The highest BCUT2D eigenvalue weighted by molar-refractivity contribution is 6.46. The second-order valence-corrected chi connectivity index (χ2v) is 8.06. The number of aromatic nitrogens is 2. The number of benzene rings is 1. The maximum atomic E-state index is 13.0. The van der Waals surface area contributed by atoms with Crippen LogP contribution in [0.1, 0.15) is 29.5 Å². The fourth-order valence-electron chi connectivity index (χ4n) is 4.03. The Hall–Kier alpha value is -3.65. The summed E-state index contributed by atoms with van der Waals surface area (Å²) in [7, 11) is 3.90. The fraction of sp³-hybridized carbons (Fsp3) is 0.292. The number of aliphatic hydroxyl groups is 1. The van der Waals surface area contributed by atoms with Gasteiger partial charge in [-0.2, -0.15) is 5.10 Å². The number of likely N-dealkylation sites (tertiary alicyclic amines) is 1. The molecule has 1 atom stereocenters. The molecule has 1 fully saturated rings. The van der Waals surface area contributed by atoms with Crippen molar-refractivity contribution in [1.29, 1.82) is 0 Å². The Morgan fingerprint density at radius 3 is 2.56 bits per heavy atom. The third-order valence-electron chi connectivity index (χ3n) is 5.62. The van der Waals surface area contributed by atoms with Gasteiger partial charge in [-0.15, -0.1) is 0 Å². The number of hydrogen-bond acceptors (Lipinski definition) is 6. The lowest BCUT2D eigenvalue weighted by Crippen LogP contribution is -2.32. The van der Waals surface area contributed by atoms with E-state index in [0.717, 1.165) is 12.2 Å². The van der Waals surface area contributed by atoms with Crippen LogP contribution in [-0.2, 0) is 9.59 Å². The lowest BCUT2D eigenvalue weighted by Gasteiger charge is -2.23. The van der Waals surface area contributed by atoms with Crippen LogP contribution >= 0.6 is 0 Å². The zero-order chi connectivity index (χ0) is 22.8. The van der Waals surface area contributed by atoms with E-state index in [4.69, 9.17) is 4.42 Å². The largest absolute Gasteiger partial charge is 0.507 e. The Labute approximate surface area is 186 Å². The molecule has 1 N–H and O–H groups in total. The molecular weight excluding hydrogens is 408 g/mol. The number of Topliss-reactive ketones (excluding diaryl/α,β-unsaturated/α-hetero) is 1. The summed E-state index contributed by atoms with van der Waals surface area (Å²) in [4.78, 5) is 29.4. The smallest absolute Gasteiger partial charge is 0.295 e. The molecule has 8 nitrogen and oxygen atoms in total. The molecule has 1 saturated heterocycles. The monoisotopic (exact) mass is 434 g/mol. The van der Waals surface area contributed by atoms with Gasteiger partial charge in [-0.05, 0) is 58.3 Å². The van der Waals surface area contributed by atoms with Gasteiger partial charge in [0, 0.05) is 6.54 Å². The highest BCUT2D eigenvalue weighted by Gasteiger charge is 2.47. The molecule has 2 aromatic heterocycles. The van der Waals surface area contributed by atoms with Crippen molar-refractivity contribution in [1.82, 2.24) is 19.6 Å². The minimum Gasteiger partial charge on any atom is -0.507 e. The summed E-state index contributed by atoms with van der Waals surface area (Å²) in [5.41, 5.74) is 1.91. The van der Waals surface area contributed by atoms with Crippen LogP contribution in [0.15, 0.2) is 64.9 Å². The first-order valence-electron chi connectivity index (χ1n) is 10.5. The molecule has 1 aliphatic rings. The third-order valence-corrected chi connectivity index (χ3v) is 5.62. The quantitative estimate of drug-likeness (QED) is 0.349. The summed E-state index contributed by atoms with van der Waals surface area (Å²) in [6, 6.07) is 12.1. The van der Waals surface area contributed by atoms with Crippen LogP contribution in [0.4, 0.5) is 0 Å². The molecule has 8 heteroatoms. The lowest BCUT2D eigenvalue weighted by atomic mass is 9.99. The molecule has 166 valence electrons. The second kappa shape index (κ2) is 8.84. The average Bonchev–Trinajstić information content (AvgIpc) is 3.49. The zero-order valence-electron chi connectivity index (χ0n) is 18.4. The molecule has 0 unspecified atom stereocenters. The number of amides is 1. The normalized spacial score (nSPS) is 18.1. The first-order valence-corrected chi connectivity index (χ1v) is 10.5. The predicted molar refractivity (Wildman–Crippen MR) is 119 cm³/mol. The molecule has 0 bridgehead atoms. The standard InChI is InChI=1S/C24H26N4O4/c1-16-18(15-25-28(16)17-9-5-4-6-10-17)22(29)20-21(19-11-7-14-32-19)27(24(31)23(20)30)13-8-12-26(2)3/h4-7,9-11,14-15,21,29H,8,12-13H2,1-3H3/b22-20+/t21-/m0/s1. The van der Waals surface area contributed by atoms with Crippen LogP contribution in [-0.4, -0.2) is 63.6 Å².